The maximum Gasteiger partial charge on any atom is 0.407 e. The van der Waals surface area contributed by atoms with Crippen molar-refractivity contribution in [2.45, 2.75) is 24.8 Å². The Morgan fingerprint density at radius 2 is 1.20 bits per heavy atom. The molecule has 0 saturated heterocycles. The lowest BCUT2D eigenvalue weighted by Crippen LogP contribution is -2.42. The molecule has 2 aromatic rings. The fourth-order valence-corrected chi connectivity index (χ4v) is 4.79. The van der Waals surface area contributed by atoms with Crippen molar-refractivity contribution in [3.05, 3.63) is 59.7 Å². The van der Waals surface area contributed by atoms with Gasteiger partial charge in [-0.3, -0.25) is 4.79 Å². The average molecular weight is 647 g/mol. The van der Waals surface area contributed by atoms with Crippen molar-refractivity contribution < 1.29 is 52.6 Å². The second kappa shape index (κ2) is 22.0. The third-order valence-corrected chi connectivity index (χ3v) is 7.08. The number of fused-ring (bicyclic) bond motifs is 3. The molecule has 0 aromatic heterocycles. The summed E-state index contributed by atoms with van der Waals surface area (Å²) in [6, 6.07) is 14.6. The molecule has 1 aliphatic carbocycles. The zero-order valence-electron chi connectivity index (χ0n) is 26.4. The van der Waals surface area contributed by atoms with E-state index in [0.717, 1.165) is 22.3 Å². The Balaban J connectivity index is 1.18. The first-order valence-corrected chi connectivity index (χ1v) is 15.5. The predicted molar refractivity (Wildman–Crippen MR) is 168 cm³/mol. The topological polar surface area (TPSA) is 160 Å². The number of benzene rings is 2. The van der Waals surface area contributed by atoms with Crippen molar-refractivity contribution in [3.8, 4) is 11.1 Å². The number of rotatable bonds is 25. The van der Waals surface area contributed by atoms with Crippen LogP contribution in [0.1, 0.15) is 29.9 Å². The lowest BCUT2D eigenvalue weighted by Gasteiger charge is -2.17. The van der Waals surface area contributed by atoms with Crippen molar-refractivity contribution in [2.75, 3.05) is 92.9 Å². The first kappa shape index (κ1) is 36.9. The SMILES string of the molecule is COCCOCCOCCOCCOCCOCCNC(=O)CC[C@H](NC(=O)OCC1c2ccccc2-c2ccccc21)C(=O)O. The highest BCUT2D eigenvalue weighted by atomic mass is 16.6. The lowest BCUT2D eigenvalue weighted by molar-refractivity contribution is -0.139. The molecule has 0 aliphatic heterocycles. The second-order valence-corrected chi connectivity index (χ2v) is 10.3. The Labute approximate surface area is 269 Å². The molecule has 13 nitrogen and oxygen atoms in total. The van der Waals surface area contributed by atoms with E-state index in [2.05, 4.69) is 10.6 Å². The molecule has 0 radical (unpaired) electrons. The van der Waals surface area contributed by atoms with Crippen molar-refractivity contribution in [1.82, 2.24) is 10.6 Å². The van der Waals surface area contributed by atoms with Gasteiger partial charge in [-0.05, 0) is 28.7 Å². The average Bonchev–Trinajstić information content (AvgIpc) is 3.38. The number of carbonyl (C=O) groups excluding carboxylic acids is 2. The molecule has 0 spiro atoms. The standard InChI is InChI=1S/C33H46N2O11/c1-40-14-15-42-18-19-44-22-23-45-21-20-43-17-16-41-13-12-34-31(36)11-10-30(32(37)38)35-33(39)46-24-29-27-8-4-2-6-25(27)26-7-3-5-9-28(26)29/h2-9,29-30H,10-24H2,1H3,(H,34,36)(H,35,39)(H,37,38)/t30-/m0/s1. The lowest BCUT2D eigenvalue weighted by atomic mass is 9.98. The van der Waals surface area contributed by atoms with Crippen molar-refractivity contribution >= 4 is 18.0 Å². The number of methoxy groups -OCH3 is 1. The van der Waals surface area contributed by atoms with Crippen LogP contribution in [0.5, 0.6) is 0 Å². The van der Waals surface area contributed by atoms with E-state index in [1.54, 1.807) is 7.11 Å². The summed E-state index contributed by atoms with van der Waals surface area (Å²) in [6.07, 6.45) is -1.02. The summed E-state index contributed by atoms with van der Waals surface area (Å²) < 4.78 is 37.3. The van der Waals surface area contributed by atoms with Crippen LogP contribution in [0.2, 0.25) is 0 Å². The molecule has 0 saturated carbocycles. The van der Waals surface area contributed by atoms with Gasteiger partial charge >= 0.3 is 12.1 Å². The smallest absolute Gasteiger partial charge is 0.407 e. The fourth-order valence-electron chi connectivity index (χ4n) is 4.79. The van der Waals surface area contributed by atoms with E-state index >= 15 is 0 Å². The Kier molecular flexibility index (Phi) is 17.7. The highest BCUT2D eigenvalue weighted by Gasteiger charge is 2.29. The van der Waals surface area contributed by atoms with Gasteiger partial charge in [0.15, 0.2) is 0 Å². The van der Waals surface area contributed by atoms with Crippen LogP contribution < -0.4 is 10.6 Å². The van der Waals surface area contributed by atoms with Crippen LogP contribution >= 0.6 is 0 Å². The van der Waals surface area contributed by atoms with Gasteiger partial charge in [-0.15, -0.1) is 0 Å². The summed E-state index contributed by atoms with van der Waals surface area (Å²) in [5.74, 6) is -1.74. The Morgan fingerprint density at radius 3 is 1.70 bits per heavy atom. The molecule has 0 fully saturated rings. The second-order valence-electron chi connectivity index (χ2n) is 10.3. The molecule has 1 atom stereocenters. The number of carboxylic acids is 1. The van der Waals surface area contributed by atoms with E-state index in [9.17, 15) is 19.5 Å². The van der Waals surface area contributed by atoms with Crippen LogP contribution in [0.3, 0.4) is 0 Å². The van der Waals surface area contributed by atoms with Crippen molar-refractivity contribution in [2.24, 2.45) is 0 Å². The van der Waals surface area contributed by atoms with E-state index < -0.39 is 18.1 Å². The molecule has 2 aromatic carbocycles. The summed E-state index contributed by atoms with van der Waals surface area (Å²) in [5.41, 5.74) is 4.30. The highest BCUT2D eigenvalue weighted by molar-refractivity contribution is 5.82. The third kappa shape index (κ3) is 13.4. The molecule has 3 rings (SSSR count). The molecule has 2 amide bonds. The van der Waals surface area contributed by atoms with E-state index in [1.807, 2.05) is 48.5 Å². The molecular weight excluding hydrogens is 600 g/mol. The number of carboxylic acid groups (broad SMARTS) is 1. The first-order chi connectivity index (χ1) is 22.5. The van der Waals surface area contributed by atoms with Crippen LogP contribution in [0, 0.1) is 0 Å². The van der Waals surface area contributed by atoms with Crippen molar-refractivity contribution in [3.63, 3.8) is 0 Å². The minimum absolute atomic E-state index is 0.0635. The molecule has 1 aliphatic rings. The Morgan fingerprint density at radius 1 is 0.717 bits per heavy atom. The summed E-state index contributed by atoms with van der Waals surface area (Å²) >= 11 is 0. The van der Waals surface area contributed by atoms with Crippen molar-refractivity contribution in [1.29, 1.82) is 0 Å². The highest BCUT2D eigenvalue weighted by Crippen LogP contribution is 2.44. The molecule has 0 bridgehead atoms. The van der Waals surface area contributed by atoms with Crippen LogP contribution in [-0.2, 0) is 42.7 Å². The van der Waals surface area contributed by atoms with Gasteiger partial charge in [-0.25, -0.2) is 9.59 Å². The molecular formula is C33H46N2O11. The van der Waals surface area contributed by atoms with Gasteiger partial charge in [0.2, 0.25) is 5.91 Å². The molecule has 3 N–H and O–H groups in total. The minimum Gasteiger partial charge on any atom is -0.480 e. The molecule has 0 unspecified atom stereocenters. The van der Waals surface area contributed by atoms with Crippen LogP contribution in [0.15, 0.2) is 48.5 Å². The number of carbonyl (C=O) groups is 3. The number of aliphatic carboxylic acids is 1. The number of hydrogen-bond acceptors (Lipinski definition) is 10. The molecule has 13 heteroatoms. The van der Waals surface area contributed by atoms with Crippen LogP contribution in [-0.4, -0.2) is 122 Å². The Hall–Kier alpha value is -3.59. The zero-order chi connectivity index (χ0) is 32.8. The maximum atomic E-state index is 12.5. The van der Waals surface area contributed by atoms with Gasteiger partial charge in [-0.2, -0.15) is 0 Å². The van der Waals surface area contributed by atoms with Gasteiger partial charge in [0.25, 0.3) is 0 Å². The van der Waals surface area contributed by atoms with Crippen LogP contribution in [0.25, 0.3) is 11.1 Å². The van der Waals surface area contributed by atoms with Crippen LogP contribution in [0.4, 0.5) is 4.79 Å². The largest absolute Gasteiger partial charge is 0.480 e. The van der Waals surface area contributed by atoms with Gasteiger partial charge < -0.3 is 48.9 Å². The van der Waals surface area contributed by atoms with E-state index in [4.69, 9.17) is 33.2 Å². The van der Waals surface area contributed by atoms with Gasteiger partial charge in [0.05, 0.1) is 72.7 Å². The number of ether oxygens (including phenoxy) is 7. The summed E-state index contributed by atoms with van der Waals surface area (Å²) in [7, 11) is 1.63. The summed E-state index contributed by atoms with van der Waals surface area (Å²) in [4.78, 5) is 36.4. The minimum atomic E-state index is -1.27. The Bertz CT molecular complexity index is 1150. The van der Waals surface area contributed by atoms with Gasteiger partial charge in [0.1, 0.15) is 12.6 Å². The van der Waals surface area contributed by atoms with E-state index in [0.29, 0.717) is 66.1 Å². The van der Waals surface area contributed by atoms with E-state index in [1.165, 1.54) is 0 Å². The number of amides is 2. The molecule has 0 heterocycles. The number of alkyl carbamates (subject to hydrolysis) is 1. The summed E-state index contributed by atoms with van der Waals surface area (Å²) in [6.45, 7) is 5.29. The molecule has 46 heavy (non-hydrogen) atoms. The van der Waals surface area contributed by atoms with Gasteiger partial charge in [-0.1, -0.05) is 48.5 Å². The molecule has 254 valence electrons. The quantitative estimate of drug-likeness (QED) is 0.136. The number of hydrogen-bond donors (Lipinski definition) is 3. The predicted octanol–water partition coefficient (Wildman–Crippen LogP) is 2.60. The number of nitrogens with one attached hydrogen (secondary N) is 2. The van der Waals surface area contributed by atoms with Gasteiger partial charge in [0, 0.05) is 26.0 Å². The zero-order valence-corrected chi connectivity index (χ0v) is 26.4. The summed E-state index contributed by atoms with van der Waals surface area (Å²) in [5, 5.41) is 14.6. The maximum absolute atomic E-state index is 12.5. The first-order valence-electron chi connectivity index (χ1n) is 15.5. The monoisotopic (exact) mass is 646 g/mol. The third-order valence-electron chi connectivity index (χ3n) is 7.08. The van der Waals surface area contributed by atoms with E-state index in [-0.39, 0.29) is 44.4 Å². The normalized spacial score (nSPS) is 12.7. The fraction of sp³-hybridized carbons (Fsp3) is 0.545.